The van der Waals surface area contributed by atoms with Crippen LogP contribution in [0, 0.1) is 6.92 Å². The average molecular weight is 580 g/mol. The Kier molecular flexibility index (Phi) is 8.99. The standard InChI is InChI=1S/C30H29N3O5S.ClH/c1-17-11-20(14-27(36-3)29(17)37-4)28-22(16-39-33-28)18-9-10-26(35-2)24(13-18)32-30(34)23(31)15-21-12-19-7-5-6-8-25(19)38-21;/h5-14,16,23H,15,31H2,1-4H3,(H,32,34);1H/t23-;/m0./s1. The van der Waals surface area contributed by atoms with Crippen molar-refractivity contribution in [2.24, 2.45) is 0 Å². The van der Waals surface area contributed by atoms with Crippen LogP contribution in [0.1, 0.15) is 11.3 Å². The monoisotopic (exact) mass is 579 g/mol. The number of halogens is 1. The first-order chi connectivity index (χ1) is 18.9. The molecule has 0 saturated carbocycles. The topological polar surface area (TPSA) is 110 Å². The van der Waals surface area contributed by atoms with Gasteiger partial charge in [0, 0.05) is 21.9 Å². The van der Waals surface area contributed by atoms with E-state index in [1.54, 1.807) is 21.3 Å². The molecule has 1 amide bonds. The smallest absolute Gasteiger partial charge is 0.283 e. The first-order valence-corrected chi connectivity index (χ1v) is 13.2. The Morgan fingerprint density at radius 2 is 1.77 bits per heavy atom. The zero-order chi connectivity index (χ0) is 27.5. The minimum atomic E-state index is -0.563. The number of quaternary nitrogens is 1. The van der Waals surface area contributed by atoms with Crippen molar-refractivity contribution in [3.05, 3.63) is 77.4 Å². The van der Waals surface area contributed by atoms with Crippen LogP contribution in [0.3, 0.4) is 0 Å². The summed E-state index contributed by atoms with van der Waals surface area (Å²) in [7, 11) is 4.81. The Hall–Kier alpha value is -4.05. The summed E-state index contributed by atoms with van der Waals surface area (Å²) in [5, 5.41) is 5.98. The number of nitrogens with one attached hydrogen (secondary N) is 1. The van der Waals surface area contributed by atoms with Crippen LogP contribution in [0.5, 0.6) is 17.2 Å². The largest absolute Gasteiger partial charge is 1.00 e. The maximum absolute atomic E-state index is 13.1. The summed E-state index contributed by atoms with van der Waals surface area (Å²) in [5.74, 6) is 2.36. The molecular formula is C30H30ClN3O5S. The van der Waals surface area contributed by atoms with Gasteiger partial charge < -0.3 is 42.1 Å². The van der Waals surface area contributed by atoms with E-state index in [4.69, 9.17) is 18.6 Å². The van der Waals surface area contributed by atoms with Gasteiger partial charge in [-0.05, 0) is 66.0 Å². The Morgan fingerprint density at radius 3 is 2.50 bits per heavy atom. The molecule has 5 rings (SSSR count). The molecule has 2 heterocycles. The number of rotatable bonds is 9. The normalized spacial score (nSPS) is 11.5. The van der Waals surface area contributed by atoms with Crippen molar-refractivity contribution in [2.45, 2.75) is 19.4 Å². The number of amides is 1. The predicted octanol–water partition coefficient (Wildman–Crippen LogP) is 2.35. The highest BCUT2D eigenvalue weighted by Crippen LogP contribution is 2.41. The van der Waals surface area contributed by atoms with Crippen LogP contribution in [0.25, 0.3) is 33.4 Å². The quantitative estimate of drug-likeness (QED) is 0.277. The van der Waals surface area contributed by atoms with Crippen LogP contribution in [-0.2, 0) is 11.2 Å². The molecule has 0 aliphatic carbocycles. The van der Waals surface area contributed by atoms with Crippen LogP contribution in [0.15, 0.2) is 70.5 Å². The average Bonchev–Trinajstić information content (AvgIpc) is 3.59. The predicted molar refractivity (Wildman–Crippen MR) is 153 cm³/mol. The fraction of sp³-hybridized carbons (Fsp3) is 0.200. The number of aromatic nitrogens is 1. The van der Waals surface area contributed by atoms with Crippen molar-refractivity contribution in [1.29, 1.82) is 0 Å². The highest BCUT2D eigenvalue weighted by atomic mass is 35.5. The fourth-order valence-corrected chi connectivity index (χ4v) is 5.34. The fourth-order valence-electron chi connectivity index (χ4n) is 4.62. The van der Waals surface area contributed by atoms with E-state index in [0.29, 0.717) is 35.1 Å². The summed E-state index contributed by atoms with van der Waals surface area (Å²) < 4.78 is 27.1. The molecule has 0 aliphatic heterocycles. The van der Waals surface area contributed by atoms with E-state index in [9.17, 15) is 4.79 Å². The molecule has 208 valence electrons. The Labute approximate surface area is 242 Å². The van der Waals surface area contributed by atoms with Crippen molar-refractivity contribution >= 4 is 34.1 Å². The van der Waals surface area contributed by atoms with Crippen LogP contribution in [0.4, 0.5) is 5.69 Å². The van der Waals surface area contributed by atoms with E-state index in [-0.39, 0.29) is 18.3 Å². The van der Waals surface area contributed by atoms with Crippen LogP contribution in [-0.4, -0.2) is 37.7 Å². The number of furan rings is 1. The number of ether oxygens (including phenoxy) is 3. The number of nitrogens with zero attached hydrogens (tertiary/aromatic N) is 1. The lowest BCUT2D eigenvalue weighted by Gasteiger charge is -2.15. The molecule has 8 nitrogen and oxygen atoms in total. The highest BCUT2D eigenvalue weighted by Gasteiger charge is 2.23. The number of carbonyl (C=O) groups excluding carboxylic acids is 1. The van der Waals surface area contributed by atoms with Crippen molar-refractivity contribution < 1.29 is 41.6 Å². The number of anilines is 1. The van der Waals surface area contributed by atoms with E-state index in [1.165, 1.54) is 11.5 Å². The van der Waals surface area contributed by atoms with Gasteiger partial charge in [-0.3, -0.25) is 4.79 Å². The van der Waals surface area contributed by atoms with Crippen LogP contribution >= 0.6 is 11.5 Å². The summed E-state index contributed by atoms with van der Waals surface area (Å²) in [6.45, 7) is 1.97. The third-order valence-electron chi connectivity index (χ3n) is 6.57. The Morgan fingerprint density at radius 1 is 1.00 bits per heavy atom. The minimum absolute atomic E-state index is 0. The number of carbonyl (C=O) groups is 1. The maximum Gasteiger partial charge on any atom is 0.283 e. The molecule has 0 fully saturated rings. The summed E-state index contributed by atoms with van der Waals surface area (Å²) in [5.41, 5.74) is 9.90. The number of hydrogen-bond acceptors (Lipinski definition) is 7. The first-order valence-electron chi connectivity index (χ1n) is 12.4. The molecule has 0 unspecified atom stereocenters. The van der Waals surface area contributed by atoms with Crippen LogP contribution < -0.4 is 37.7 Å². The molecule has 1 atom stereocenters. The SMILES string of the molecule is COc1ccc(-c2csnc2-c2cc(C)c(OC)c(OC)c2)cc1NC(=O)[C@@H]([NH3+])Cc1cc2ccccc2o1.[Cl-]. The molecule has 5 aromatic rings. The van der Waals surface area contributed by atoms with Gasteiger partial charge in [0.15, 0.2) is 17.5 Å². The van der Waals surface area contributed by atoms with Crippen LogP contribution in [0.2, 0.25) is 0 Å². The van der Waals surface area contributed by atoms with E-state index >= 15 is 0 Å². The molecule has 0 aliphatic rings. The van der Waals surface area contributed by atoms with Gasteiger partial charge in [0.25, 0.3) is 5.91 Å². The Bertz CT molecular complexity index is 1610. The van der Waals surface area contributed by atoms with Gasteiger partial charge in [-0.1, -0.05) is 24.3 Å². The molecule has 0 radical (unpaired) electrons. The molecule has 0 bridgehead atoms. The van der Waals surface area contributed by atoms with Crippen molar-refractivity contribution in [1.82, 2.24) is 4.37 Å². The van der Waals surface area contributed by atoms with Gasteiger partial charge in [0.05, 0.1) is 39.1 Å². The first kappa shape index (κ1) is 28.9. The second-order valence-corrected chi connectivity index (χ2v) is 9.79. The molecular weight excluding hydrogens is 550 g/mol. The summed E-state index contributed by atoms with van der Waals surface area (Å²) >= 11 is 1.36. The van der Waals surface area contributed by atoms with Crippen molar-refractivity contribution in [2.75, 3.05) is 26.6 Å². The molecule has 10 heteroatoms. The summed E-state index contributed by atoms with van der Waals surface area (Å²) in [4.78, 5) is 13.1. The zero-order valence-electron chi connectivity index (χ0n) is 22.6. The molecule has 4 N–H and O–H groups in total. The van der Waals surface area contributed by atoms with E-state index in [2.05, 4.69) is 15.4 Å². The number of para-hydroxylation sites is 1. The molecule has 2 aromatic heterocycles. The summed E-state index contributed by atoms with van der Waals surface area (Å²) in [6.07, 6.45) is 0.375. The molecule has 3 aromatic carbocycles. The number of benzene rings is 3. The number of fused-ring (bicyclic) bond motifs is 1. The number of aryl methyl sites for hydroxylation is 1. The maximum atomic E-state index is 13.1. The molecule has 0 spiro atoms. The van der Waals surface area contributed by atoms with Crippen molar-refractivity contribution in [3.63, 3.8) is 0 Å². The lowest BCUT2D eigenvalue weighted by Crippen LogP contribution is -3.00. The molecule has 0 saturated heterocycles. The summed E-state index contributed by atoms with van der Waals surface area (Å²) in [6, 6.07) is 18.8. The second kappa shape index (κ2) is 12.4. The van der Waals surface area contributed by atoms with Gasteiger partial charge in [-0.15, -0.1) is 0 Å². The second-order valence-electron chi connectivity index (χ2n) is 9.16. The van der Waals surface area contributed by atoms with Gasteiger partial charge in [-0.25, -0.2) is 0 Å². The molecule has 40 heavy (non-hydrogen) atoms. The highest BCUT2D eigenvalue weighted by molar-refractivity contribution is 7.04. The third kappa shape index (κ3) is 5.77. The van der Waals surface area contributed by atoms with E-state index in [1.807, 2.05) is 73.0 Å². The van der Waals surface area contributed by atoms with Crippen molar-refractivity contribution in [3.8, 4) is 39.6 Å². The lowest BCUT2D eigenvalue weighted by atomic mass is 9.99. The van der Waals surface area contributed by atoms with Gasteiger partial charge in [0.2, 0.25) is 0 Å². The van der Waals surface area contributed by atoms with Gasteiger partial charge in [0.1, 0.15) is 17.1 Å². The third-order valence-corrected chi connectivity index (χ3v) is 7.20. The van der Waals surface area contributed by atoms with E-state index < -0.39 is 6.04 Å². The lowest BCUT2D eigenvalue weighted by molar-refractivity contribution is -0.402. The minimum Gasteiger partial charge on any atom is -1.00 e. The number of hydrogen-bond donors (Lipinski definition) is 2. The Balaban J connectivity index is 0.00000370. The van der Waals surface area contributed by atoms with Gasteiger partial charge >= 0.3 is 0 Å². The number of methoxy groups -OCH3 is 3. The van der Waals surface area contributed by atoms with E-state index in [0.717, 1.165) is 38.9 Å². The zero-order valence-corrected chi connectivity index (χ0v) is 24.2. The van der Waals surface area contributed by atoms with Gasteiger partial charge in [-0.2, -0.15) is 4.37 Å².